The quantitative estimate of drug-likeness (QED) is 0.755. The number of imidazole rings is 1. The number of fused-ring (bicyclic) bond motifs is 2. The molecule has 0 atom stereocenters. The van der Waals surface area contributed by atoms with Crippen LogP contribution >= 0.6 is 11.6 Å². The van der Waals surface area contributed by atoms with Crippen LogP contribution in [0.4, 0.5) is 11.6 Å². The Hall–Kier alpha value is -2.40. The molecule has 1 aliphatic rings. The van der Waals surface area contributed by atoms with Crippen LogP contribution in [0.15, 0.2) is 36.4 Å². The highest BCUT2D eigenvalue weighted by Gasteiger charge is 2.16. The summed E-state index contributed by atoms with van der Waals surface area (Å²) in [4.78, 5) is 7.65. The number of aromatic nitrogens is 2. The van der Waals surface area contributed by atoms with Crippen molar-refractivity contribution in [2.24, 2.45) is 0 Å². The molecule has 0 radical (unpaired) electrons. The second-order valence-corrected chi connectivity index (χ2v) is 4.82. The molecule has 0 unspecified atom stereocenters. The number of nitrogens with zero attached hydrogens (tertiary/aromatic N) is 1. The molecule has 0 saturated carbocycles. The predicted octanol–water partition coefficient (Wildman–Crippen LogP) is 3.69. The maximum absolute atomic E-state index is 6.11. The highest BCUT2D eigenvalue weighted by atomic mass is 35.5. The van der Waals surface area contributed by atoms with Gasteiger partial charge in [0, 0.05) is 12.1 Å². The van der Waals surface area contributed by atoms with Crippen molar-refractivity contribution in [1.29, 1.82) is 0 Å². The van der Waals surface area contributed by atoms with Crippen molar-refractivity contribution in [3.8, 4) is 11.5 Å². The average molecular weight is 288 g/mol. The number of hydrogen-bond acceptors (Lipinski definition) is 4. The van der Waals surface area contributed by atoms with Gasteiger partial charge in [-0.2, -0.15) is 0 Å². The van der Waals surface area contributed by atoms with Crippen LogP contribution < -0.4 is 14.8 Å². The fourth-order valence-corrected chi connectivity index (χ4v) is 2.33. The van der Waals surface area contributed by atoms with E-state index in [1.54, 1.807) is 0 Å². The zero-order valence-corrected chi connectivity index (χ0v) is 11.1. The molecule has 0 amide bonds. The lowest BCUT2D eigenvalue weighted by atomic mass is 10.3. The molecule has 0 spiro atoms. The fourth-order valence-electron chi connectivity index (χ4n) is 2.15. The van der Waals surface area contributed by atoms with Gasteiger partial charge in [-0.1, -0.05) is 23.7 Å². The molecular weight excluding hydrogens is 278 g/mol. The summed E-state index contributed by atoms with van der Waals surface area (Å²) in [6.07, 6.45) is 0. The van der Waals surface area contributed by atoms with Gasteiger partial charge in [-0.05, 0) is 12.1 Å². The van der Waals surface area contributed by atoms with Crippen molar-refractivity contribution in [1.82, 2.24) is 9.97 Å². The Balaban J connectivity index is 1.73. The van der Waals surface area contributed by atoms with Crippen molar-refractivity contribution < 1.29 is 9.47 Å². The standard InChI is InChI=1S/C14H10ClN3O2/c15-8-3-1-2-4-9(8)16-14-17-10-5-12-13(20-7-19-12)6-11(10)18-14/h1-6H,7H2,(H2,16,17,18). The molecule has 1 aromatic heterocycles. The van der Waals surface area contributed by atoms with E-state index < -0.39 is 0 Å². The van der Waals surface area contributed by atoms with Crippen LogP contribution in [0.2, 0.25) is 5.02 Å². The minimum atomic E-state index is 0.257. The molecule has 4 rings (SSSR count). The number of nitrogens with one attached hydrogen (secondary N) is 2. The molecule has 0 aliphatic carbocycles. The summed E-state index contributed by atoms with van der Waals surface area (Å²) in [5.74, 6) is 2.07. The van der Waals surface area contributed by atoms with E-state index in [1.165, 1.54) is 0 Å². The van der Waals surface area contributed by atoms with Crippen molar-refractivity contribution in [3.05, 3.63) is 41.4 Å². The number of halogens is 1. The molecule has 6 heteroatoms. The normalized spacial score (nSPS) is 12.8. The fraction of sp³-hybridized carbons (Fsp3) is 0.0714. The van der Waals surface area contributed by atoms with E-state index in [2.05, 4.69) is 15.3 Å². The largest absolute Gasteiger partial charge is 0.454 e. The number of H-pyrrole nitrogens is 1. The van der Waals surface area contributed by atoms with Gasteiger partial charge in [-0.15, -0.1) is 0 Å². The topological polar surface area (TPSA) is 59.2 Å². The van der Waals surface area contributed by atoms with Crippen LogP contribution in [0.25, 0.3) is 11.0 Å². The molecule has 2 aromatic carbocycles. The summed E-state index contributed by atoms with van der Waals surface area (Å²) in [5.41, 5.74) is 2.49. The highest BCUT2D eigenvalue weighted by molar-refractivity contribution is 6.33. The Kier molecular flexibility index (Phi) is 2.47. The van der Waals surface area contributed by atoms with Crippen LogP contribution in [-0.4, -0.2) is 16.8 Å². The molecule has 1 aliphatic heterocycles. The molecule has 2 heterocycles. The molecule has 0 fully saturated rings. The Morgan fingerprint density at radius 3 is 2.80 bits per heavy atom. The minimum Gasteiger partial charge on any atom is -0.454 e. The van der Waals surface area contributed by atoms with E-state index in [0.717, 1.165) is 22.5 Å². The van der Waals surface area contributed by atoms with Crippen LogP contribution in [0.1, 0.15) is 0 Å². The third-order valence-electron chi connectivity index (χ3n) is 3.10. The van der Waals surface area contributed by atoms with Crippen LogP contribution in [-0.2, 0) is 0 Å². The first-order valence-electron chi connectivity index (χ1n) is 6.10. The van der Waals surface area contributed by atoms with E-state index >= 15 is 0 Å². The van der Waals surface area contributed by atoms with Crippen LogP contribution in [0, 0.1) is 0 Å². The second kappa shape index (κ2) is 4.31. The van der Waals surface area contributed by atoms with Crippen molar-refractivity contribution >= 4 is 34.3 Å². The number of anilines is 2. The number of aromatic amines is 1. The number of para-hydroxylation sites is 1. The second-order valence-electron chi connectivity index (χ2n) is 4.41. The number of hydrogen-bond donors (Lipinski definition) is 2. The maximum Gasteiger partial charge on any atom is 0.231 e. The summed E-state index contributed by atoms with van der Waals surface area (Å²) in [5, 5.41) is 3.80. The van der Waals surface area contributed by atoms with Gasteiger partial charge in [0.2, 0.25) is 12.7 Å². The molecule has 5 nitrogen and oxygen atoms in total. The van der Waals surface area contributed by atoms with Gasteiger partial charge in [-0.3, -0.25) is 0 Å². The number of benzene rings is 2. The Morgan fingerprint density at radius 1 is 1.15 bits per heavy atom. The number of rotatable bonds is 2. The van der Waals surface area contributed by atoms with Crippen molar-refractivity contribution in [2.45, 2.75) is 0 Å². The van der Waals surface area contributed by atoms with Crippen LogP contribution in [0.5, 0.6) is 11.5 Å². The van der Waals surface area contributed by atoms with Gasteiger partial charge in [0.15, 0.2) is 11.5 Å². The predicted molar refractivity (Wildman–Crippen MR) is 77.0 cm³/mol. The lowest BCUT2D eigenvalue weighted by Crippen LogP contribution is -1.93. The van der Waals surface area contributed by atoms with Crippen molar-refractivity contribution in [2.75, 3.05) is 12.1 Å². The van der Waals surface area contributed by atoms with Gasteiger partial charge in [0.25, 0.3) is 0 Å². The third-order valence-corrected chi connectivity index (χ3v) is 3.43. The molecule has 0 bridgehead atoms. The summed E-state index contributed by atoms with van der Waals surface area (Å²) in [7, 11) is 0. The van der Waals surface area contributed by atoms with E-state index in [9.17, 15) is 0 Å². The lowest BCUT2D eigenvalue weighted by molar-refractivity contribution is 0.174. The Bertz CT molecular complexity index is 759. The monoisotopic (exact) mass is 287 g/mol. The highest BCUT2D eigenvalue weighted by Crippen LogP contribution is 2.36. The summed E-state index contributed by atoms with van der Waals surface area (Å²) in [6.45, 7) is 0.257. The molecule has 2 N–H and O–H groups in total. The van der Waals surface area contributed by atoms with Gasteiger partial charge in [0.1, 0.15) is 0 Å². The van der Waals surface area contributed by atoms with Gasteiger partial charge in [-0.25, -0.2) is 4.98 Å². The van der Waals surface area contributed by atoms with E-state index in [-0.39, 0.29) is 6.79 Å². The zero-order valence-electron chi connectivity index (χ0n) is 10.3. The SMILES string of the molecule is Clc1ccccc1Nc1nc2cc3c(cc2[nH]1)OCO3. The first-order chi connectivity index (χ1) is 9.79. The summed E-state index contributed by atoms with van der Waals surface area (Å²) < 4.78 is 10.7. The van der Waals surface area contributed by atoms with Gasteiger partial charge < -0.3 is 19.8 Å². The first-order valence-corrected chi connectivity index (χ1v) is 6.48. The molecular formula is C14H10ClN3O2. The average Bonchev–Trinajstić information content (AvgIpc) is 3.03. The molecule has 20 heavy (non-hydrogen) atoms. The summed E-state index contributed by atoms with van der Waals surface area (Å²) >= 11 is 6.11. The molecule has 0 saturated heterocycles. The minimum absolute atomic E-state index is 0.257. The Morgan fingerprint density at radius 2 is 1.95 bits per heavy atom. The maximum atomic E-state index is 6.11. The van der Waals surface area contributed by atoms with Crippen molar-refractivity contribution in [3.63, 3.8) is 0 Å². The van der Waals surface area contributed by atoms with Gasteiger partial charge in [0.05, 0.1) is 21.7 Å². The zero-order chi connectivity index (χ0) is 13.5. The van der Waals surface area contributed by atoms with E-state index in [0.29, 0.717) is 16.7 Å². The summed E-state index contributed by atoms with van der Waals surface area (Å²) in [6, 6.07) is 11.2. The Labute approximate surface area is 119 Å². The number of ether oxygens (including phenoxy) is 2. The molecule has 3 aromatic rings. The smallest absolute Gasteiger partial charge is 0.231 e. The van der Waals surface area contributed by atoms with Crippen LogP contribution in [0.3, 0.4) is 0 Å². The van der Waals surface area contributed by atoms with E-state index in [4.69, 9.17) is 21.1 Å². The van der Waals surface area contributed by atoms with Gasteiger partial charge >= 0.3 is 0 Å². The third kappa shape index (κ3) is 1.83. The first kappa shape index (κ1) is 11.4. The van der Waals surface area contributed by atoms with E-state index in [1.807, 2.05) is 36.4 Å². The molecule has 100 valence electrons. The lowest BCUT2D eigenvalue weighted by Gasteiger charge is -2.03.